The number of nitrogens with zero attached hydrogens (tertiary/aromatic N) is 1. The molecule has 1 unspecified atom stereocenters. The van der Waals surface area contributed by atoms with E-state index < -0.39 is 0 Å². The van der Waals surface area contributed by atoms with E-state index in [1.165, 1.54) is 59.1 Å². The van der Waals surface area contributed by atoms with Crippen LogP contribution in [0.3, 0.4) is 0 Å². The first-order valence-corrected chi connectivity index (χ1v) is 11.6. The molecule has 0 bridgehead atoms. The van der Waals surface area contributed by atoms with Gasteiger partial charge in [0, 0.05) is 11.8 Å². The largest absolute Gasteiger partial charge is 0.256 e. The molecule has 3 aromatic rings. The van der Waals surface area contributed by atoms with Gasteiger partial charge in [0.15, 0.2) is 0 Å². The summed E-state index contributed by atoms with van der Waals surface area (Å²) in [5.74, 6) is 0.659. The van der Waals surface area contributed by atoms with Crippen LogP contribution in [0.25, 0.3) is 22.4 Å². The number of aryl methyl sites for hydroxylation is 2. The van der Waals surface area contributed by atoms with Crippen LogP contribution in [0.1, 0.15) is 70.1 Å². The number of hydrogen-bond donors (Lipinski definition) is 0. The van der Waals surface area contributed by atoms with Gasteiger partial charge < -0.3 is 0 Å². The van der Waals surface area contributed by atoms with Crippen LogP contribution >= 0.6 is 0 Å². The molecule has 0 aliphatic carbocycles. The number of aromatic nitrogens is 1. The highest BCUT2D eigenvalue weighted by Crippen LogP contribution is 2.45. The number of rotatable bonds is 8. The summed E-state index contributed by atoms with van der Waals surface area (Å²) < 4.78 is 0. The topological polar surface area (TPSA) is 12.9 Å². The van der Waals surface area contributed by atoms with Crippen molar-refractivity contribution in [3.63, 3.8) is 0 Å². The lowest BCUT2D eigenvalue weighted by Crippen LogP contribution is -2.32. The van der Waals surface area contributed by atoms with Crippen molar-refractivity contribution >= 4 is 0 Å². The second kappa shape index (κ2) is 9.60. The molecule has 158 valence electrons. The first-order chi connectivity index (χ1) is 14.4. The van der Waals surface area contributed by atoms with Crippen LogP contribution in [0.2, 0.25) is 0 Å². The van der Waals surface area contributed by atoms with Crippen LogP contribution in [-0.4, -0.2) is 4.98 Å². The number of benzene rings is 2. The van der Waals surface area contributed by atoms with Gasteiger partial charge in [0.05, 0.1) is 5.69 Å². The normalized spacial score (nSPS) is 13.4. The van der Waals surface area contributed by atoms with Crippen LogP contribution in [0.4, 0.5) is 0 Å². The Morgan fingerprint density at radius 2 is 1.63 bits per heavy atom. The summed E-state index contributed by atoms with van der Waals surface area (Å²) in [6.07, 6.45) is 6.70. The lowest BCUT2D eigenvalue weighted by molar-refractivity contribution is 0.254. The molecule has 1 nitrogen and oxygen atoms in total. The van der Waals surface area contributed by atoms with Gasteiger partial charge in [0.2, 0.25) is 0 Å². The fourth-order valence-electron chi connectivity index (χ4n) is 5.26. The average molecular weight is 400 g/mol. The lowest BCUT2D eigenvalue weighted by Gasteiger charge is -2.39. The summed E-state index contributed by atoms with van der Waals surface area (Å²) in [6, 6.07) is 20.1. The van der Waals surface area contributed by atoms with Gasteiger partial charge in [-0.3, -0.25) is 4.98 Å². The predicted molar refractivity (Wildman–Crippen MR) is 131 cm³/mol. The Labute approximate surface area is 183 Å². The van der Waals surface area contributed by atoms with Gasteiger partial charge in [-0.15, -0.1) is 0 Å². The van der Waals surface area contributed by atoms with Crippen LogP contribution in [0, 0.1) is 19.8 Å². The van der Waals surface area contributed by atoms with Gasteiger partial charge in [-0.05, 0) is 72.1 Å². The summed E-state index contributed by atoms with van der Waals surface area (Å²) in [5, 5.41) is 0. The highest BCUT2D eigenvalue weighted by molar-refractivity contribution is 5.76. The Bertz CT molecular complexity index is 969. The molecule has 0 spiro atoms. The molecule has 0 radical (unpaired) electrons. The second-order valence-corrected chi connectivity index (χ2v) is 8.97. The van der Waals surface area contributed by atoms with E-state index in [-0.39, 0.29) is 5.41 Å². The summed E-state index contributed by atoms with van der Waals surface area (Å²) in [4.78, 5) is 4.77. The van der Waals surface area contributed by atoms with E-state index in [1.807, 2.05) is 12.3 Å². The molecular formula is C29H37N. The standard InChI is InChI=1S/C29H37N/c1-7-17-29(6,24(8-2)9-3)27-16-15-23(25-19-21(4)13-14-22(25)5)20-26(27)28-12-10-11-18-30-28/h10-16,18-20,24H,7-9,17H2,1-6H3. The molecule has 0 amide bonds. The third kappa shape index (κ3) is 4.36. The summed E-state index contributed by atoms with van der Waals surface area (Å²) in [7, 11) is 0. The smallest absolute Gasteiger partial charge is 0.0705 e. The summed E-state index contributed by atoms with van der Waals surface area (Å²) >= 11 is 0. The molecule has 0 fully saturated rings. The molecule has 0 N–H and O–H groups in total. The molecule has 0 aliphatic heterocycles. The van der Waals surface area contributed by atoms with Crippen LogP contribution in [0.5, 0.6) is 0 Å². The van der Waals surface area contributed by atoms with E-state index in [0.717, 1.165) is 5.69 Å². The molecule has 3 rings (SSSR count). The zero-order valence-electron chi connectivity index (χ0n) is 19.6. The molecule has 0 saturated heterocycles. The van der Waals surface area contributed by atoms with Crippen molar-refractivity contribution in [1.82, 2.24) is 4.98 Å². The SMILES string of the molecule is CCCC(C)(c1ccc(-c2cc(C)ccc2C)cc1-c1ccccn1)C(CC)CC. The van der Waals surface area contributed by atoms with Crippen LogP contribution < -0.4 is 0 Å². The zero-order valence-corrected chi connectivity index (χ0v) is 19.6. The first kappa shape index (κ1) is 22.3. The molecule has 1 heteroatoms. The molecular weight excluding hydrogens is 362 g/mol. The molecule has 30 heavy (non-hydrogen) atoms. The number of pyridine rings is 1. The highest BCUT2D eigenvalue weighted by atomic mass is 14.7. The minimum absolute atomic E-state index is 0.144. The predicted octanol–water partition coefficient (Wildman–Crippen LogP) is 8.53. The third-order valence-electron chi connectivity index (χ3n) is 6.94. The van der Waals surface area contributed by atoms with Crippen molar-refractivity contribution < 1.29 is 0 Å². The maximum Gasteiger partial charge on any atom is 0.0705 e. The maximum absolute atomic E-state index is 4.77. The van der Waals surface area contributed by atoms with Gasteiger partial charge >= 0.3 is 0 Å². The van der Waals surface area contributed by atoms with Crippen molar-refractivity contribution in [3.8, 4) is 22.4 Å². The summed E-state index contributed by atoms with van der Waals surface area (Å²) in [5.41, 5.74) is 9.17. The van der Waals surface area contributed by atoms with Gasteiger partial charge in [0.1, 0.15) is 0 Å². The molecule has 0 saturated carbocycles. The zero-order chi connectivity index (χ0) is 21.7. The van der Waals surface area contributed by atoms with Crippen LogP contribution in [-0.2, 0) is 5.41 Å². The van der Waals surface area contributed by atoms with Gasteiger partial charge in [-0.1, -0.05) is 88.9 Å². The van der Waals surface area contributed by atoms with Gasteiger partial charge in [0.25, 0.3) is 0 Å². The van der Waals surface area contributed by atoms with Crippen molar-refractivity contribution in [3.05, 3.63) is 77.5 Å². The Morgan fingerprint density at radius 1 is 0.867 bits per heavy atom. The van der Waals surface area contributed by atoms with Crippen molar-refractivity contribution in [2.45, 2.75) is 72.6 Å². The minimum Gasteiger partial charge on any atom is -0.256 e. The van der Waals surface area contributed by atoms with Gasteiger partial charge in [-0.25, -0.2) is 0 Å². The fourth-order valence-corrected chi connectivity index (χ4v) is 5.26. The fraction of sp³-hybridized carbons (Fsp3) is 0.414. The Hall–Kier alpha value is -2.41. The van der Waals surface area contributed by atoms with E-state index in [0.29, 0.717) is 5.92 Å². The van der Waals surface area contributed by atoms with E-state index in [2.05, 4.69) is 90.1 Å². The van der Waals surface area contributed by atoms with Crippen molar-refractivity contribution in [2.24, 2.45) is 5.92 Å². The minimum atomic E-state index is 0.144. The average Bonchev–Trinajstić information content (AvgIpc) is 2.76. The molecule has 1 aromatic heterocycles. The highest BCUT2D eigenvalue weighted by Gasteiger charge is 2.35. The van der Waals surface area contributed by atoms with Crippen molar-refractivity contribution in [1.29, 1.82) is 0 Å². The third-order valence-corrected chi connectivity index (χ3v) is 6.94. The molecule has 0 aliphatic rings. The van der Waals surface area contributed by atoms with Gasteiger partial charge in [-0.2, -0.15) is 0 Å². The monoisotopic (exact) mass is 399 g/mol. The Balaban J connectivity index is 2.26. The molecule has 1 heterocycles. The lowest BCUT2D eigenvalue weighted by atomic mass is 9.65. The molecule has 2 aromatic carbocycles. The van der Waals surface area contributed by atoms with E-state index in [9.17, 15) is 0 Å². The maximum atomic E-state index is 4.77. The van der Waals surface area contributed by atoms with E-state index >= 15 is 0 Å². The van der Waals surface area contributed by atoms with E-state index in [4.69, 9.17) is 4.98 Å². The second-order valence-electron chi connectivity index (χ2n) is 8.97. The van der Waals surface area contributed by atoms with Crippen molar-refractivity contribution in [2.75, 3.05) is 0 Å². The van der Waals surface area contributed by atoms with Crippen LogP contribution in [0.15, 0.2) is 60.8 Å². The number of hydrogen-bond acceptors (Lipinski definition) is 1. The Kier molecular flexibility index (Phi) is 7.13. The molecule has 1 atom stereocenters. The van der Waals surface area contributed by atoms with E-state index in [1.54, 1.807) is 0 Å². The first-order valence-electron chi connectivity index (χ1n) is 11.6. The summed E-state index contributed by atoms with van der Waals surface area (Å²) in [6.45, 7) is 13.8. The quantitative estimate of drug-likeness (QED) is 0.370. The Morgan fingerprint density at radius 3 is 2.27 bits per heavy atom.